The van der Waals surface area contributed by atoms with Gasteiger partial charge < -0.3 is 4.90 Å². The molecule has 6 rings (SSSR count). The topological polar surface area (TPSA) is 32.3 Å². The van der Waals surface area contributed by atoms with Crippen LogP contribution in [-0.4, -0.2) is 34.0 Å². The average Bonchev–Trinajstić information content (AvgIpc) is 3.04. The molecule has 1 saturated heterocycles. The van der Waals surface area contributed by atoms with Gasteiger partial charge in [0.1, 0.15) is 0 Å². The van der Waals surface area contributed by atoms with E-state index < -0.39 is 11.6 Å². The van der Waals surface area contributed by atoms with Crippen LogP contribution in [0.15, 0.2) is 91.4 Å². The van der Waals surface area contributed by atoms with Crippen LogP contribution in [0.3, 0.4) is 0 Å². The van der Waals surface area contributed by atoms with Crippen molar-refractivity contribution in [3.63, 3.8) is 0 Å². The van der Waals surface area contributed by atoms with Gasteiger partial charge in [0.2, 0.25) is 0 Å². The molecule has 0 spiro atoms. The molecule has 0 aliphatic carbocycles. The van der Waals surface area contributed by atoms with Crippen LogP contribution in [0.5, 0.6) is 0 Å². The first-order valence-corrected chi connectivity index (χ1v) is 15.7. The molecule has 1 fully saturated rings. The summed E-state index contributed by atoms with van der Waals surface area (Å²) in [4.78, 5) is 13.9. The summed E-state index contributed by atoms with van der Waals surface area (Å²) in [5.74, 6) is -1.65. The maximum atomic E-state index is 14.5. The fraction of sp³-hybridized carbons (Fsp3) is 0.282. The first-order valence-electron chi connectivity index (χ1n) is 15.7. The Balaban J connectivity index is 0.00000208. The van der Waals surface area contributed by atoms with Crippen LogP contribution < -0.4 is 4.90 Å². The van der Waals surface area contributed by atoms with Crippen molar-refractivity contribution in [2.45, 2.75) is 59.7 Å². The summed E-state index contributed by atoms with van der Waals surface area (Å²) in [6, 6.07) is 23.7. The third-order valence-corrected chi connectivity index (χ3v) is 9.19. The van der Waals surface area contributed by atoms with Crippen molar-refractivity contribution in [3.05, 3.63) is 136 Å². The molecule has 0 amide bonds. The molecule has 0 saturated carbocycles. The molecule has 1 aliphatic heterocycles. The fourth-order valence-corrected chi connectivity index (χ4v) is 6.41. The molecule has 0 radical (unpaired) electrons. The van der Waals surface area contributed by atoms with E-state index in [9.17, 15) is 8.78 Å². The molecule has 0 atom stereocenters. The van der Waals surface area contributed by atoms with E-state index >= 15 is 0 Å². The molecule has 4 nitrogen and oxygen atoms in total. The predicted molar refractivity (Wildman–Crippen MR) is 201 cm³/mol. The van der Waals surface area contributed by atoms with Crippen LogP contribution >= 0.6 is 37.2 Å². The highest BCUT2D eigenvalue weighted by Gasteiger charge is 2.26. The molecule has 1 aliphatic rings. The molecular formula is C39H43Cl3F2N4. The molecule has 0 N–H and O–H groups in total. The fourth-order valence-electron chi connectivity index (χ4n) is 6.41. The Labute approximate surface area is 301 Å². The average molecular weight is 712 g/mol. The lowest BCUT2D eigenvalue weighted by Crippen LogP contribution is -2.44. The Morgan fingerprint density at radius 3 is 2.15 bits per heavy atom. The van der Waals surface area contributed by atoms with Crippen LogP contribution in [0.4, 0.5) is 14.5 Å². The molecule has 0 bridgehead atoms. The van der Waals surface area contributed by atoms with E-state index in [2.05, 4.69) is 102 Å². The lowest BCUT2D eigenvalue weighted by molar-refractivity contribution is 0.201. The number of rotatable bonds is 8. The third-order valence-electron chi connectivity index (χ3n) is 9.19. The van der Waals surface area contributed by atoms with Gasteiger partial charge in [-0.25, -0.2) is 8.78 Å². The van der Waals surface area contributed by atoms with Gasteiger partial charge in [0.05, 0.1) is 5.69 Å². The summed E-state index contributed by atoms with van der Waals surface area (Å²) in [5, 5.41) is 0. The second kappa shape index (κ2) is 17.2. The van der Waals surface area contributed by atoms with Gasteiger partial charge >= 0.3 is 0 Å². The lowest BCUT2D eigenvalue weighted by Gasteiger charge is -2.40. The van der Waals surface area contributed by atoms with E-state index in [4.69, 9.17) is 0 Å². The Kier molecular flexibility index (Phi) is 13.9. The van der Waals surface area contributed by atoms with E-state index in [1.807, 2.05) is 18.6 Å². The van der Waals surface area contributed by atoms with Crippen molar-refractivity contribution in [3.8, 4) is 22.4 Å². The smallest absolute Gasteiger partial charge is 0.160 e. The van der Waals surface area contributed by atoms with Gasteiger partial charge in [-0.2, -0.15) is 0 Å². The molecule has 9 heteroatoms. The molecule has 3 aromatic carbocycles. The minimum Gasteiger partial charge on any atom is -0.364 e. The number of nitrogens with zero attached hydrogens (tertiary/aromatic N) is 4. The van der Waals surface area contributed by atoms with Gasteiger partial charge in [-0.3, -0.25) is 14.9 Å². The number of piperidine rings is 1. The largest absolute Gasteiger partial charge is 0.364 e. The lowest BCUT2D eigenvalue weighted by atomic mass is 9.96. The molecule has 5 aromatic rings. The van der Waals surface area contributed by atoms with Gasteiger partial charge in [-0.1, -0.05) is 35.9 Å². The first-order chi connectivity index (χ1) is 21.7. The van der Waals surface area contributed by atoms with Crippen LogP contribution in [0.1, 0.15) is 46.2 Å². The van der Waals surface area contributed by atoms with Crippen LogP contribution in [0.25, 0.3) is 22.4 Å². The third kappa shape index (κ3) is 9.12. The van der Waals surface area contributed by atoms with Crippen LogP contribution in [-0.2, 0) is 13.1 Å². The standard InChI is InChI=1S/C39H40F2N4.3ClH/c1-26-6-5-7-32(16-26)39-20-30(10-13-43-39)24-44-14-11-35(12-15-44)45(36-8-9-37(40)38(41)21-36)25-31-19-34(23-42-22-31)33-17-27(2)29(4)28(3)18-33;;;/h5-10,13,16-23,35H,11-12,14-15,24-25H2,1-4H3;3*1H. The van der Waals surface area contributed by atoms with E-state index in [1.54, 1.807) is 6.07 Å². The van der Waals surface area contributed by atoms with E-state index in [0.717, 1.165) is 60.4 Å². The summed E-state index contributed by atoms with van der Waals surface area (Å²) in [6.45, 7) is 11.7. The number of halogens is 5. The highest BCUT2D eigenvalue weighted by Crippen LogP contribution is 2.30. The summed E-state index contributed by atoms with van der Waals surface area (Å²) in [7, 11) is 0. The number of anilines is 1. The van der Waals surface area contributed by atoms with Crippen molar-refractivity contribution in [2.24, 2.45) is 0 Å². The molecule has 0 unspecified atom stereocenters. The quantitative estimate of drug-likeness (QED) is 0.160. The predicted octanol–water partition coefficient (Wildman–Crippen LogP) is 10.3. The minimum absolute atomic E-state index is 0. The van der Waals surface area contributed by atoms with E-state index in [1.165, 1.54) is 39.9 Å². The SMILES string of the molecule is Cc1cccc(-c2cc(CN3CCC(N(Cc4cncc(-c5cc(C)c(C)c(C)c5)c4)c4ccc(F)c(F)c4)CC3)ccn2)c1.Cl.Cl.Cl. The van der Waals surface area contributed by atoms with E-state index in [0.29, 0.717) is 12.2 Å². The van der Waals surface area contributed by atoms with Crippen molar-refractivity contribution >= 4 is 42.9 Å². The van der Waals surface area contributed by atoms with Crippen LogP contribution in [0.2, 0.25) is 0 Å². The van der Waals surface area contributed by atoms with Crippen LogP contribution in [0, 0.1) is 39.3 Å². The Bertz CT molecular complexity index is 1800. The Morgan fingerprint density at radius 2 is 1.46 bits per heavy atom. The van der Waals surface area contributed by atoms with Gasteiger partial charge in [0.25, 0.3) is 0 Å². The number of benzene rings is 3. The first kappa shape index (κ1) is 38.9. The second-order valence-electron chi connectivity index (χ2n) is 12.5. The van der Waals surface area contributed by atoms with Gasteiger partial charge in [0.15, 0.2) is 11.6 Å². The van der Waals surface area contributed by atoms with Gasteiger partial charge in [0, 0.05) is 73.7 Å². The maximum Gasteiger partial charge on any atom is 0.160 e. The van der Waals surface area contributed by atoms with Crippen molar-refractivity contribution in [1.29, 1.82) is 0 Å². The zero-order valence-corrected chi connectivity index (χ0v) is 30.2. The molecule has 2 aromatic heterocycles. The van der Waals surface area contributed by atoms with Gasteiger partial charge in [-0.05, 0) is 110 Å². The van der Waals surface area contributed by atoms with Gasteiger partial charge in [-0.15, -0.1) is 37.2 Å². The molecule has 3 heterocycles. The van der Waals surface area contributed by atoms with E-state index in [-0.39, 0.29) is 43.3 Å². The Hall–Kier alpha value is -3.55. The number of aryl methyl sites for hydroxylation is 3. The maximum absolute atomic E-state index is 14.5. The number of pyridine rings is 2. The zero-order valence-electron chi connectivity index (χ0n) is 27.7. The molecular weight excluding hydrogens is 669 g/mol. The number of hydrogen-bond acceptors (Lipinski definition) is 4. The highest BCUT2D eigenvalue weighted by molar-refractivity contribution is 5.86. The summed E-state index contributed by atoms with van der Waals surface area (Å²) in [5.41, 5.74) is 12.3. The second-order valence-corrected chi connectivity index (χ2v) is 12.5. The minimum atomic E-state index is -0.829. The van der Waals surface area contributed by atoms with Crippen molar-refractivity contribution in [2.75, 3.05) is 18.0 Å². The van der Waals surface area contributed by atoms with Crippen molar-refractivity contribution < 1.29 is 8.78 Å². The molecule has 48 heavy (non-hydrogen) atoms. The highest BCUT2D eigenvalue weighted by atomic mass is 35.5. The summed E-state index contributed by atoms with van der Waals surface area (Å²) < 4.78 is 28.5. The number of hydrogen-bond donors (Lipinski definition) is 0. The number of aromatic nitrogens is 2. The number of likely N-dealkylation sites (tertiary alicyclic amines) is 1. The van der Waals surface area contributed by atoms with Crippen molar-refractivity contribution in [1.82, 2.24) is 14.9 Å². The normalized spacial score (nSPS) is 13.2. The summed E-state index contributed by atoms with van der Waals surface area (Å²) >= 11 is 0. The zero-order chi connectivity index (χ0) is 31.5. The summed E-state index contributed by atoms with van der Waals surface area (Å²) in [6.07, 6.45) is 7.51. The Morgan fingerprint density at radius 1 is 0.729 bits per heavy atom. The molecule has 254 valence electrons. The monoisotopic (exact) mass is 710 g/mol.